The lowest BCUT2D eigenvalue weighted by Gasteiger charge is -2.22. The molecule has 1 aromatic heterocycles. The van der Waals surface area contributed by atoms with Gasteiger partial charge in [-0.05, 0) is 30.6 Å². The summed E-state index contributed by atoms with van der Waals surface area (Å²) in [6.45, 7) is 5.47. The van der Waals surface area contributed by atoms with Crippen molar-refractivity contribution in [2.24, 2.45) is 12.5 Å². The van der Waals surface area contributed by atoms with Crippen LogP contribution in [0.15, 0.2) is 0 Å². The molecule has 0 unspecified atom stereocenters. The van der Waals surface area contributed by atoms with Crippen LogP contribution in [0.2, 0.25) is 0 Å². The monoisotopic (exact) mass is 197 g/mol. The van der Waals surface area contributed by atoms with Crippen LogP contribution in [-0.2, 0) is 13.5 Å². The predicted octanol–water partition coefficient (Wildman–Crippen LogP) is 0.388. The number of aryl methyl sites for hydroxylation is 1. The minimum absolute atomic E-state index is 0.228. The number of hydrogen-bond donors (Lipinski definition) is 1. The Morgan fingerprint density at radius 3 is 2.64 bits per heavy atom. The van der Waals surface area contributed by atoms with E-state index >= 15 is 0 Å². The van der Waals surface area contributed by atoms with E-state index in [0.717, 1.165) is 25.2 Å². The lowest BCUT2D eigenvalue weighted by atomic mass is 9.85. The number of aromatic nitrogens is 4. The molecule has 0 aliphatic rings. The van der Waals surface area contributed by atoms with Crippen LogP contribution in [0.25, 0.3) is 0 Å². The Hall–Kier alpha value is -0.970. The highest BCUT2D eigenvalue weighted by molar-refractivity contribution is 4.85. The van der Waals surface area contributed by atoms with Crippen molar-refractivity contribution in [2.75, 3.05) is 13.6 Å². The third kappa shape index (κ3) is 3.41. The largest absolute Gasteiger partial charge is 0.320 e. The Balaban J connectivity index is 2.49. The Morgan fingerprint density at radius 2 is 2.14 bits per heavy atom. The second-order valence-corrected chi connectivity index (χ2v) is 4.39. The van der Waals surface area contributed by atoms with E-state index in [-0.39, 0.29) is 5.41 Å². The van der Waals surface area contributed by atoms with Gasteiger partial charge in [-0.25, -0.2) is 0 Å². The Kier molecular flexibility index (Phi) is 3.57. The maximum Gasteiger partial charge on any atom is 0.175 e. The van der Waals surface area contributed by atoms with Gasteiger partial charge in [-0.15, -0.1) is 10.2 Å². The highest BCUT2D eigenvalue weighted by atomic mass is 15.6. The standard InChI is InChI=1S/C9H19N5/c1-9(2,5-6-10-3)7-8-11-13-14(4)12-8/h10H,5-7H2,1-4H3. The van der Waals surface area contributed by atoms with E-state index in [1.165, 1.54) is 4.80 Å². The van der Waals surface area contributed by atoms with Crippen LogP contribution in [0.5, 0.6) is 0 Å². The molecule has 0 spiro atoms. The molecular weight excluding hydrogens is 178 g/mol. The number of rotatable bonds is 5. The highest BCUT2D eigenvalue weighted by Crippen LogP contribution is 2.23. The van der Waals surface area contributed by atoms with Crippen LogP contribution >= 0.6 is 0 Å². The Bertz CT molecular complexity index is 278. The van der Waals surface area contributed by atoms with E-state index in [0.29, 0.717) is 0 Å². The summed E-state index contributed by atoms with van der Waals surface area (Å²) in [4.78, 5) is 1.50. The van der Waals surface area contributed by atoms with E-state index in [1.54, 1.807) is 7.05 Å². The maximum absolute atomic E-state index is 4.18. The minimum Gasteiger partial charge on any atom is -0.320 e. The molecule has 1 aromatic rings. The minimum atomic E-state index is 0.228. The van der Waals surface area contributed by atoms with Crippen molar-refractivity contribution in [1.29, 1.82) is 0 Å². The first kappa shape index (κ1) is 11.1. The molecule has 14 heavy (non-hydrogen) atoms. The van der Waals surface area contributed by atoms with Crippen molar-refractivity contribution in [1.82, 2.24) is 25.5 Å². The lowest BCUT2D eigenvalue weighted by molar-refractivity contribution is 0.322. The van der Waals surface area contributed by atoms with E-state index in [9.17, 15) is 0 Å². The van der Waals surface area contributed by atoms with Gasteiger partial charge >= 0.3 is 0 Å². The molecule has 1 heterocycles. The SMILES string of the molecule is CNCCC(C)(C)Cc1nnn(C)n1. The van der Waals surface area contributed by atoms with Crippen molar-refractivity contribution >= 4 is 0 Å². The molecule has 0 saturated carbocycles. The molecule has 0 aromatic carbocycles. The Morgan fingerprint density at radius 1 is 1.43 bits per heavy atom. The second kappa shape index (κ2) is 4.50. The molecule has 0 saturated heterocycles. The summed E-state index contributed by atoms with van der Waals surface area (Å²) in [5, 5.41) is 15.1. The van der Waals surface area contributed by atoms with E-state index in [2.05, 4.69) is 34.6 Å². The third-order valence-corrected chi connectivity index (χ3v) is 2.24. The first-order valence-electron chi connectivity index (χ1n) is 4.91. The summed E-state index contributed by atoms with van der Waals surface area (Å²) in [7, 11) is 3.76. The van der Waals surface area contributed by atoms with Gasteiger partial charge < -0.3 is 5.32 Å². The summed E-state index contributed by atoms with van der Waals surface area (Å²) in [6.07, 6.45) is 1.99. The van der Waals surface area contributed by atoms with Crippen molar-refractivity contribution in [3.05, 3.63) is 5.82 Å². The fourth-order valence-corrected chi connectivity index (χ4v) is 1.37. The second-order valence-electron chi connectivity index (χ2n) is 4.39. The van der Waals surface area contributed by atoms with Gasteiger partial charge in [0.1, 0.15) is 0 Å². The first-order chi connectivity index (χ1) is 6.53. The average molecular weight is 197 g/mol. The molecule has 5 heteroatoms. The van der Waals surface area contributed by atoms with Crippen LogP contribution in [0.4, 0.5) is 0 Å². The number of hydrogen-bond acceptors (Lipinski definition) is 4. The maximum atomic E-state index is 4.18. The van der Waals surface area contributed by atoms with Gasteiger partial charge in [0.25, 0.3) is 0 Å². The van der Waals surface area contributed by atoms with Gasteiger partial charge in [0.05, 0.1) is 7.05 Å². The summed E-state index contributed by atoms with van der Waals surface area (Å²) >= 11 is 0. The average Bonchev–Trinajstić information content (AvgIpc) is 2.47. The van der Waals surface area contributed by atoms with E-state index < -0.39 is 0 Å². The van der Waals surface area contributed by atoms with Crippen molar-refractivity contribution in [3.63, 3.8) is 0 Å². The smallest absolute Gasteiger partial charge is 0.175 e. The highest BCUT2D eigenvalue weighted by Gasteiger charge is 2.20. The number of tetrazole rings is 1. The third-order valence-electron chi connectivity index (χ3n) is 2.24. The van der Waals surface area contributed by atoms with Crippen molar-refractivity contribution in [2.45, 2.75) is 26.7 Å². The van der Waals surface area contributed by atoms with Gasteiger partial charge in [0.2, 0.25) is 0 Å². The fourth-order valence-electron chi connectivity index (χ4n) is 1.37. The van der Waals surface area contributed by atoms with Gasteiger partial charge in [-0.3, -0.25) is 0 Å². The van der Waals surface area contributed by atoms with Gasteiger partial charge in [-0.2, -0.15) is 4.80 Å². The zero-order chi connectivity index (χ0) is 10.6. The van der Waals surface area contributed by atoms with Crippen LogP contribution in [0.3, 0.4) is 0 Å². The molecule has 0 bridgehead atoms. The normalized spacial score (nSPS) is 12.0. The van der Waals surface area contributed by atoms with E-state index in [1.807, 2.05) is 7.05 Å². The lowest BCUT2D eigenvalue weighted by Crippen LogP contribution is -2.22. The Labute approximate surface area is 84.9 Å². The van der Waals surface area contributed by atoms with E-state index in [4.69, 9.17) is 0 Å². The molecule has 0 aliphatic carbocycles. The van der Waals surface area contributed by atoms with Gasteiger partial charge in [0.15, 0.2) is 5.82 Å². The quantitative estimate of drug-likeness (QED) is 0.742. The molecular formula is C9H19N5. The summed E-state index contributed by atoms with van der Waals surface area (Å²) in [5.74, 6) is 0.827. The van der Waals surface area contributed by atoms with Crippen molar-refractivity contribution in [3.8, 4) is 0 Å². The fraction of sp³-hybridized carbons (Fsp3) is 0.889. The topological polar surface area (TPSA) is 55.6 Å². The molecule has 5 nitrogen and oxygen atoms in total. The van der Waals surface area contributed by atoms with Crippen LogP contribution in [0.1, 0.15) is 26.1 Å². The molecule has 0 atom stereocenters. The van der Waals surface area contributed by atoms with Gasteiger partial charge in [0, 0.05) is 6.42 Å². The summed E-state index contributed by atoms with van der Waals surface area (Å²) < 4.78 is 0. The summed E-state index contributed by atoms with van der Waals surface area (Å²) in [5.41, 5.74) is 0.228. The molecule has 1 rings (SSSR count). The first-order valence-corrected chi connectivity index (χ1v) is 4.91. The predicted molar refractivity (Wildman–Crippen MR) is 54.8 cm³/mol. The van der Waals surface area contributed by atoms with Crippen LogP contribution < -0.4 is 5.32 Å². The molecule has 0 amide bonds. The number of nitrogens with one attached hydrogen (secondary N) is 1. The zero-order valence-corrected chi connectivity index (χ0v) is 9.41. The molecule has 80 valence electrons. The van der Waals surface area contributed by atoms with Crippen LogP contribution in [-0.4, -0.2) is 33.8 Å². The molecule has 1 N–H and O–H groups in total. The van der Waals surface area contributed by atoms with Gasteiger partial charge in [-0.1, -0.05) is 13.8 Å². The van der Waals surface area contributed by atoms with Crippen LogP contribution in [0, 0.1) is 5.41 Å². The number of nitrogens with zero attached hydrogens (tertiary/aromatic N) is 4. The zero-order valence-electron chi connectivity index (χ0n) is 9.41. The molecule has 0 radical (unpaired) electrons. The molecule has 0 aliphatic heterocycles. The molecule has 0 fully saturated rings. The van der Waals surface area contributed by atoms with Crippen molar-refractivity contribution < 1.29 is 0 Å². The summed E-state index contributed by atoms with van der Waals surface area (Å²) in [6, 6.07) is 0.